The van der Waals surface area contributed by atoms with Gasteiger partial charge in [-0.15, -0.1) is 0 Å². The van der Waals surface area contributed by atoms with Crippen molar-refractivity contribution in [2.75, 3.05) is 44.3 Å². The van der Waals surface area contributed by atoms with E-state index in [4.69, 9.17) is 21.0 Å². The summed E-state index contributed by atoms with van der Waals surface area (Å²) in [5.74, 6) is -0.708. The van der Waals surface area contributed by atoms with E-state index in [0.29, 0.717) is 25.1 Å². The molecule has 2 aliphatic rings. The number of nitrogens with two attached hydrogens (primary N) is 2. The molecule has 2 aromatic carbocycles. The molecule has 1 aliphatic carbocycles. The maximum absolute atomic E-state index is 13.8. The van der Waals surface area contributed by atoms with E-state index >= 15 is 0 Å². The van der Waals surface area contributed by atoms with Crippen molar-refractivity contribution in [3.63, 3.8) is 0 Å². The molecule has 41 heavy (non-hydrogen) atoms. The number of carbonyl (C=O) groups is 1. The molecule has 1 saturated heterocycles. The quantitative estimate of drug-likeness (QED) is 0.166. The molecule has 0 spiro atoms. The number of Topliss-reactive ketones (excluding diaryl/α,β-unsaturated/α-hetero) is 1. The summed E-state index contributed by atoms with van der Waals surface area (Å²) in [6.45, 7) is 3.07. The second-order valence-corrected chi connectivity index (χ2v) is 13.3. The summed E-state index contributed by atoms with van der Waals surface area (Å²) < 4.78 is 62.0. The van der Waals surface area contributed by atoms with Crippen molar-refractivity contribution in [2.45, 2.75) is 24.7 Å². The van der Waals surface area contributed by atoms with Crippen molar-refractivity contribution in [3.05, 3.63) is 76.1 Å². The van der Waals surface area contributed by atoms with Crippen LogP contribution in [-0.4, -0.2) is 72.3 Å². The molecule has 12 nitrogen and oxygen atoms in total. The number of ether oxygens (including phenoxy) is 1. The van der Waals surface area contributed by atoms with Gasteiger partial charge in [0.25, 0.3) is 0 Å². The number of rotatable bonds is 11. The molecule has 14 heteroatoms. The minimum Gasteiger partial charge on any atom is -0.493 e. The first-order chi connectivity index (χ1) is 19.5. The lowest BCUT2D eigenvalue weighted by Crippen LogP contribution is -2.49. The average Bonchev–Trinajstić information content (AvgIpc) is 2.94. The number of benzene rings is 2. The summed E-state index contributed by atoms with van der Waals surface area (Å²) in [7, 11) is -8.80. The molecule has 0 aromatic heterocycles. The molecule has 4 N–H and O–H groups in total. The van der Waals surface area contributed by atoms with Crippen LogP contribution in [0.5, 0.6) is 5.75 Å². The van der Waals surface area contributed by atoms with Crippen molar-refractivity contribution < 1.29 is 31.2 Å². The van der Waals surface area contributed by atoms with Gasteiger partial charge in [-0.2, -0.15) is 4.31 Å². The third-order valence-electron chi connectivity index (χ3n) is 6.45. The van der Waals surface area contributed by atoms with Crippen molar-refractivity contribution in [1.29, 1.82) is 0 Å². The zero-order valence-corrected chi connectivity index (χ0v) is 24.2. The fourth-order valence-corrected chi connectivity index (χ4v) is 8.27. The Morgan fingerprint density at radius 2 is 1.68 bits per heavy atom. The van der Waals surface area contributed by atoms with Gasteiger partial charge in [0.05, 0.1) is 16.4 Å². The summed E-state index contributed by atoms with van der Waals surface area (Å²) in [5.41, 5.74) is 11.9. The number of piperazine rings is 1. The zero-order valence-electron chi connectivity index (χ0n) is 22.6. The molecule has 1 fully saturated rings. The highest BCUT2D eigenvalue weighted by Gasteiger charge is 2.40. The Kier molecular flexibility index (Phi) is 9.35. The summed E-state index contributed by atoms with van der Waals surface area (Å²) in [6, 6.07) is 13.9. The van der Waals surface area contributed by atoms with E-state index < -0.39 is 35.5 Å². The van der Waals surface area contributed by atoms with Gasteiger partial charge in [-0.3, -0.25) is 4.79 Å². The molecule has 2 aromatic rings. The van der Waals surface area contributed by atoms with E-state index in [-0.39, 0.29) is 49.3 Å². The lowest BCUT2D eigenvalue weighted by atomic mass is 10.2. The molecule has 220 valence electrons. The first-order valence-corrected chi connectivity index (χ1v) is 15.9. The molecule has 4 rings (SSSR count). The molecular weight excluding hydrogens is 570 g/mol. The van der Waals surface area contributed by atoms with Crippen molar-refractivity contribution >= 4 is 37.3 Å². The summed E-state index contributed by atoms with van der Waals surface area (Å²) in [6.07, 6.45) is 2.77. The van der Waals surface area contributed by atoms with Gasteiger partial charge in [0.2, 0.25) is 25.8 Å². The highest BCUT2D eigenvalue weighted by molar-refractivity contribution is 7.98. The number of para-hydroxylation sites is 1. The number of guanidine groups is 1. The van der Waals surface area contributed by atoms with E-state index in [1.807, 2.05) is 35.2 Å². The van der Waals surface area contributed by atoms with Crippen molar-refractivity contribution in [1.82, 2.24) is 4.31 Å². The lowest BCUT2D eigenvalue weighted by molar-refractivity contribution is -0.114. The van der Waals surface area contributed by atoms with Gasteiger partial charge in [-0.25, -0.2) is 16.8 Å². The Balaban J connectivity index is 1.58. The monoisotopic (exact) mass is 603 g/mol. The first kappa shape index (κ1) is 30.1. The topological polar surface area (TPSA) is 175 Å². The van der Waals surface area contributed by atoms with E-state index in [2.05, 4.69) is 5.16 Å². The number of oxime groups is 1. The second-order valence-electron chi connectivity index (χ2n) is 9.49. The Morgan fingerprint density at radius 1 is 0.976 bits per heavy atom. The van der Waals surface area contributed by atoms with Gasteiger partial charge < -0.3 is 25.9 Å². The van der Waals surface area contributed by atoms with E-state index in [1.165, 1.54) is 28.6 Å². The number of ketones is 1. The predicted molar refractivity (Wildman–Crippen MR) is 155 cm³/mol. The molecule has 0 atom stereocenters. The Labute approximate surface area is 239 Å². The van der Waals surface area contributed by atoms with Crippen LogP contribution in [0.4, 0.5) is 5.69 Å². The number of sulfonamides is 1. The molecule has 0 unspecified atom stereocenters. The number of anilines is 1. The third kappa shape index (κ3) is 7.07. The fraction of sp³-hybridized carbons (Fsp3) is 0.333. The number of hydrogen-bond donors (Lipinski definition) is 2. The second kappa shape index (κ2) is 12.7. The van der Waals surface area contributed by atoms with Crippen LogP contribution in [0.1, 0.15) is 18.4 Å². The zero-order chi connectivity index (χ0) is 29.6. The molecular formula is C27H33N5O7S2. The molecule has 1 aliphatic heterocycles. The summed E-state index contributed by atoms with van der Waals surface area (Å²) in [5, 5.41) is 3.41. The van der Waals surface area contributed by atoms with Crippen LogP contribution in [0.25, 0.3) is 0 Å². The Hall–Kier alpha value is -3.88. The largest absolute Gasteiger partial charge is 0.493 e. The van der Waals surface area contributed by atoms with E-state index in [1.54, 1.807) is 13.0 Å². The van der Waals surface area contributed by atoms with Crippen LogP contribution in [0.3, 0.4) is 0 Å². The maximum Gasteiger partial charge on any atom is 0.248 e. The molecule has 1 heterocycles. The molecule has 0 radical (unpaired) electrons. The highest BCUT2D eigenvalue weighted by Crippen LogP contribution is 2.34. The number of aryl methyl sites for hydroxylation is 1. The Bertz CT molecular complexity index is 1570. The average molecular weight is 604 g/mol. The number of hydrogen-bond acceptors (Lipinski definition) is 9. The number of allylic oxidation sites excluding steroid dienone is 3. The summed E-state index contributed by atoms with van der Waals surface area (Å²) >= 11 is 0. The smallest absolute Gasteiger partial charge is 0.248 e. The number of nitrogens with zero attached hydrogens (tertiary/aromatic N) is 3. The van der Waals surface area contributed by atoms with Crippen LogP contribution < -0.4 is 21.1 Å². The number of sulfone groups is 1. The number of carbonyl (C=O) groups excluding carboxylic acids is 1. The van der Waals surface area contributed by atoms with Gasteiger partial charge in [-0.05, 0) is 54.1 Å². The minimum atomic E-state index is -4.41. The van der Waals surface area contributed by atoms with Gasteiger partial charge in [-0.1, -0.05) is 24.3 Å². The standard InChI is InChI=1S/C27H33N5O7S2/c1-20-17-22(38-15-6-16-39-30-27(28)29)19-23(18-20)40(34,35)25-10-5-9-24(33)26(25)41(36,37)32-13-11-31(12-14-32)21-7-3-2-4-8-21/h2-5,7-8,10,17-19H,6,9,11-16H2,1H3,(H4,28,29,30). The van der Waals surface area contributed by atoms with Gasteiger partial charge in [0.1, 0.15) is 17.3 Å². The van der Waals surface area contributed by atoms with Crippen LogP contribution in [0.2, 0.25) is 0 Å². The van der Waals surface area contributed by atoms with E-state index in [0.717, 1.165) is 5.69 Å². The normalized spacial score (nSPS) is 16.5. The molecule has 0 bridgehead atoms. The molecule has 0 amide bonds. The van der Waals surface area contributed by atoms with Gasteiger partial charge >= 0.3 is 0 Å². The lowest BCUT2D eigenvalue weighted by Gasteiger charge is -2.36. The SMILES string of the molecule is Cc1cc(OCCCON=C(N)N)cc(S(=O)(=O)C2=C(S(=O)(=O)N3CCN(c4ccccc4)CC3)C(=O)CC=C2)c1. The minimum absolute atomic E-state index is 0.111. The van der Waals surface area contributed by atoms with Crippen molar-refractivity contribution in [3.8, 4) is 5.75 Å². The van der Waals surface area contributed by atoms with Crippen LogP contribution in [0, 0.1) is 6.92 Å². The Morgan fingerprint density at radius 3 is 2.37 bits per heavy atom. The van der Waals surface area contributed by atoms with Crippen LogP contribution >= 0.6 is 0 Å². The van der Waals surface area contributed by atoms with Crippen molar-refractivity contribution in [2.24, 2.45) is 16.6 Å². The molecule has 0 saturated carbocycles. The highest BCUT2D eigenvalue weighted by atomic mass is 32.2. The fourth-order valence-electron chi connectivity index (χ4n) is 4.53. The third-order valence-corrected chi connectivity index (χ3v) is 10.4. The maximum atomic E-state index is 13.8. The van der Waals surface area contributed by atoms with Gasteiger partial charge in [0, 0.05) is 44.7 Å². The van der Waals surface area contributed by atoms with E-state index in [9.17, 15) is 21.6 Å². The van der Waals surface area contributed by atoms with Crippen LogP contribution in [-0.2, 0) is 29.5 Å². The van der Waals surface area contributed by atoms with Crippen LogP contribution in [0.15, 0.2) is 80.5 Å². The first-order valence-electron chi connectivity index (χ1n) is 12.9. The summed E-state index contributed by atoms with van der Waals surface area (Å²) in [4.78, 5) is 18.5. The van der Waals surface area contributed by atoms with Gasteiger partial charge in [0.15, 0.2) is 5.78 Å². The predicted octanol–water partition coefficient (Wildman–Crippen LogP) is 1.64.